The van der Waals surface area contributed by atoms with E-state index in [0.29, 0.717) is 23.7 Å². The van der Waals surface area contributed by atoms with E-state index < -0.39 is 0 Å². The van der Waals surface area contributed by atoms with Crippen molar-refractivity contribution in [2.75, 3.05) is 11.9 Å². The minimum Gasteiger partial charge on any atom is -0.462 e. The lowest BCUT2D eigenvalue weighted by Gasteiger charge is -2.10. The number of nitrogens with zero attached hydrogens (tertiary/aromatic N) is 3. The van der Waals surface area contributed by atoms with Crippen LogP contribution < -0.4 is 5.32 Å². The summed E-state index contributed by atoms with van der Waals surface area (Å²) in [4.78, 5) is 33.4. The Bertz CT molecular complexity index is 1180. The number of rotatable bonds is 6. The number of benzene rings is 2. The molecule has 0 spiro atoms. The molecule has 7 heteroatoms. The molecule has 150 valence electrons. The third kappa shape index (κ3) is 4.05. The Labute approximate surface area is 173 Å². The van der Waals surface area contributed by atoms with Gasteiger partial charge in [0.2, 0.25) is 5.91 Å². The van der Waals surface area contributed by atoms with E-state index in [9.17, 15) is 9.59 Å². The average molecular weight is 400 g/mol. The maximum absolute atomic E-state index is 12.8. The van der Waals surface area contributed by atoms with Gasteiger partial charge >= 0.3 is 5.97 Å². The lowest BCUT2D eigenvalue weighted by atomic mass is 10.2. The molecule has 0 atom stereocenters. The van der Waals surface area contributed by atoms with E-state index in [1.807, 2.05) is 41.0 Å². The predicted octanol–water partition coefficient (Wildman–Crippen LogP) is 3.91. The number of aromatic nitrogens is 3. The number of esters is 1. The molecular weight excluding hydrogens is 380 g/mol. The number of hydrogen-bond donors (Lipinski definition) is 1. The third-order valence-electron chi connectivity index (χ3n) is 4.56. The molecule has 1 N–H and O–H groups in total. The monoisotopic (exact) mass is 400 g/mol. The topological polar surface area (TPSA) is 86.1 Å². The molecule has 7 nitrogen and oxygen atoms in total. The van der Waals surface area contributed by atoms with Gasteiger partial charge in [0.1, 0.15) is 12.4 Å². The van der Waals surface area contributed by atoms with Gasteiger partial charge < -0.3 is 14.6 Å². The van der Waals surface area contributed by atoms with Gasteiger partial charge in [-0.05, 0) is 55.5 Å². The van der Waals surface area contributed by atoms with Gasteiger partial charge in [0.25, 0.3) is 0 Å². The molecule has 0 bridgehead atoms. The molecule has 0 aliphatic carbocycles. The second kappa shape index (κ2) is 8.57. The quantitative estimate of drug-likeness (QED) is 0.496. The summed E-state index contributed by atoms with van der Waals surface area (Å²) >= 11 is 0. The van der Waals surface area contributed by atoms with Gasteiger partial charge in [-0.25, -0.2) is 9.78 Å². The fourth-order valence-corrected chi connectivity index (χ4v) is 3.20. The van der Waals surface area contributed by atoms with Crippen molar-refractivity contribution in [1.29, 1.82) is 0 Å². The summed E-state index contributed by atoms with van der Waals surface area (Å²) in [5, 5.41) is 2.87. The molecule has 0 saturated heterocycles. The van der Waals surface area contributed by atoms with Crippen molar-refractivity contribution in [3.05, 3.63) is 78.6 Å². The number of fused-ring (bicyclic) bond motifs is 1. The van der Waals surface area contributed by atoms with Crippen molar-refractivity contribution in [3.8, 4) is 11.4 Å². The van der Waals surface area contributed by atoms with Gasteiger partial charge in [0, 0.05) is 23.6 Å². The van der Waals surface area contributed by atoms with E-state index in [0.717, 1.165) is 16.6 Å². The van der Waals surface area contributed by atoms with E-state index in [-0.39, 0.29) is 18.4 Å². The lowest BCUT2D eigenvalue weighted by Crippen LogP contribution is -2.19. The molecule has 4 aromatic rings. The number of imidazole rings is 1. The second-order valence-corrected chi connectivity index (χ2v) is 6.60. The summed E-state index contributed by atoms with van der Waals surface area (Å²) < 4.78 is 6.84. The summed E-state index contributed by atoms with van der Waals surface area (Å²) in [7, 11) is 0. The largest absolute Gasteiger partial charge is 0.462 e. The van der Waals surface area contributed by atoms with Crippen LogP contribution in [0.25, 0.3) is 22.4 Å². The van der Waals surface area contributed by atoms with E-state index in [2.05, 4.69) is 15.3 Å². The molecule has 2 aromatic heterocycles. The standard InChI is InChI=1S/C23H20N4O3/c1-2-30-23(29)16-9-11-18(12-10-16)25-21(28)15-27-20-8-4-3-7-19(20)26-22(27)17-6-5-13-24-14-17/h3-14H,2,15H2,1H3,(H,25,28). The number of nitrogens with one attached hydrogen (secondary N) is 1. The molecular formula is C23H20N4O3. The Morgan fingerprint density at radius 2 is 1.83 bits per heavy atom. The Morgan fingerprint density at radius 1 is 1.03 bits per heavy atom. The van der Waals surface area contributed by atoms with Gasteiger partial charge in [-0.3, -0.25) is 9.78 Å². The van der Waals surface area contributed by atoms with Crippen LogP contribution in [0.15, 0.2) is 73.1 Å². The minimum atomic E-state index is -0.388. The summed E-state index contributed by atoms with van der Waals surface area (Å²) in [6, 6.07) is 18.0. The fourth-order valence-electron chi connectivity index (χ4n) is 3.20. The van der Waals surface area contributed by atoms with Crippen molar-refractivity contribution in [1.82, 2.24) is 14.5 Å². The summed E-state index contributed by atoms with van der Waals surface area (Å²) in [5.74, 6) is 0.0886. The molecule has 0 saturated carbocycles. The van der Waals surface area contributed by atoms with Gasteiger partial charge in [-0.2, -0.15) is 0 Å². The van der Waals surface area contributed by atoms with Crippen LogP contribution in [0, 0.1) is 0 Å². The van der Waals surface area contributed by atoms with Crippen LogP contribution in [-0.4, -0.2) is 33.0 Å². The first-order chi connectivity index (χ1) is 14.7. The molecule has 0 unspecified atom stereocenters. The Hall–Kier alpha value is -4.00. The second-order valence-electron chi connectivity index (χ2n) is 6.60. The number of hydrogen-bond acceptors (Lipinski definition) is 5. The SMILES string of the molecule is CCOC(=O)c1ccc(NC(=O)Cn2c(-c3cccnc3)nc3ccccc32)cc1. The molecule has 0 fully saturated rings. The highest BCUT2D eigenvalue weighted by Crippen LogP contribution is 2.24. The first-order valence-electron chi connectivity index (χ1n) is 9.58. The van der Waals surface area contributed by atoms with Crippen molar-refractivity contribution >= 4 is 28.6 Å². The molecule has 0 radical (unpaired) electrons. The fraction of sp³-hybridized carbons (Fsp3) is 0.130. The first-order valence-corrected chi connectivity index (χ1v) is 9.58. The predicted molar refractivity (Wildman–Crippen MR) is 114 cm³/mol. The van der Waals surface area contributed by atoms with Crippen LogP contribution in [0.2, 0.25) is 0 Å². The number of para-hydroxylation sites is 2. The molecule has 30 heavy (non-hydrogen) atoms. The summed E-state index contributed by atoms with van der Waals surface area (Å²) in [5.41, 5.74) is 3.54. The minimum absolute atomic E-state index is 0.0877. The highest BCUT2D eigenvalue weighted by atomic mass is 16.5. The van der Waals surface area contributed by atoms with E-state index >= 15 is 0 Å². The molecule has 2 aromatic carbocycles. The number of amides is 1. The van der Waals surface area contributed by atoms with Gasteiger partial charge in [-0.1, -0.05) is 12.1 Å². The van der Waals surface area contributed by atoms with Crippen molar-refractivity contribution in [3.63, 3.8) is 0 Å². The van der Waals surface area contributed by atoms with E-state index in [4.69, 9.17) is 4.74 Å². The van der Waals surface area contributed by atoms with Crippen molar-refractivity contribution < 1.29 is 14.3 Å². The van der Waals surface area contributed by atoms with E-state index in [1.54, 1.807) is 43.6 Å². The first kappa shape index (κ1) is 19.3. The summed E-state index contributed by atoms with van der Waals surface area (Å²) in [6.45, 7) is 2.16. The van der Waals surface area contributed by atoms with Crippen LogP contribution in [0.3, 0.4) is 0 Å². The Balaban J connectivity index is 1.57. The van der Waals surface area contributed by atoms with Crippen LogP contribution in [0.5, 0.6) is 0 Å². The molecule has 2 heterocycles. The van der Waals surface area contributed by atoms with Gasteiger partial charge in [-0.15, -0.1) is 0 Å². The van der Waals surface area contributed by atoms with Crippen LogP contribution in [0.4, 0.5) is 5.69 Å². The number of pyridine rings is 1. The molecule has 0 aliphatic heterocycles. The maximum atomic E-state index is 12.8. The van der Waals surface area contributed by atoms with Crippen molar-refractivity contribution in [2.24, 2.45) is 0 Å². The summed E-state index contributed by atoms with van der Waals surface area (Å²) in [6.07, 6.45) is 3.42. The van der Waals surface area contributed by atoms with Crippen LogP contribution >= 0.6 is 0 Å². The zero-order chi connectivity index (χ0) is 20.9. The third-order valence-corrected chi connectivity index (χ3v) is 4.56. The number of carbonyl (C=O) groups is 2. The number of anilines is 1. The average Bonchev–Trinajstić information content (AvgIpc) is 3.13. The van der Waals surface area contributed by atoms with E-state index in [1.165, 1.54) is 0 Å². The van der Waals surface area contributed by atoms with Gasteiger partial charge in [0.05, 0.1) is 23.2 Å². The van der Waals surface area contributed by atoms with Crippen LogP contribution in [0.1, 0.15) is 17.3 Å². The smallest absolute Gasteiger partial charge is 0.338 e. The molecule has 0 aliphatic rings. The number of ether oxygens (including phenoxy) is 1. The molecule has 4 rings (SSSR count). The van der Waals surface area contributed by atoms with Gasteiger partial charge in [0.15, 0.2) is 0 Å². The molecule has 1 amide bonds. The Morgan fingerprint density at radius 3 is 2.57 bits per heavy atom. The Kier molecular flexibility index (Phi) is 5.52. The highest BCUT2D eigenvalue weighted by Gasteiger charge is 2.15. The zero-order valence-corrected chi connectivity index (χ0v) is 16.4. The highest BCUT2D eigenvalue weighted by molar-refractivity contribution is 5.94. The zero-order valence-electron chi connectivity index (χ0n) is 16.4. The normalized spacial score (nSPS) is 10.7. The number of carbonyl (C=O) groups excluding carboxylic acids is 2. The maximum Gasteiger partial charge on any atom is 0.338 e. The lowest BCUT2D eigenvalue weighted by molar-refractivity contribution is -0.116. The van der Waals surface area contributed by atoms with Crippen LogP contribution in [-0.2, 0) is 16.1 Å². The van der Waals surface area contributed by atoms with Crippen molar-refractivity contribution in [2.45, 2.75) is 13.5 Å².